The molecule has 4 atom stereocenters. The van der Waals surface area contributed by atoms with Crippen molar-refractivity contribution in [3.63, 3.8) is 0 Å². The maximum atomic E-state index is 2.85. The molecule has 2 nitrogen and oxygen atoms in total. The quantitative estimate of drug-likeness (QED) is 0.782. The molecule has 4 rings (SSSR count). The first kappa shape index (κ1) is 16.0. The molecule has 1 saturated carbocycles. The Hall–Kier alpha value is -1.54. The highest BCUT2D eigenvalue weighted by molar-refractivity contribution is 5.48. The van der Waals surface area contributed by atoms with Crippen LogP contribution < -0.4 is 4.90 Å². The minimum absolute atomic E-state index is 0.207. The van der Waals surface area contributed by atoms with Gasteiger partial charge in [0.15, 0.2) is 0 Å². The molecule has 1 aromatic carbocycles. The molecule has 3 aliphatic rings. The number of nitrogens with zero attached hydrogens (tertiary/aromatic N) is 2. The molecule has 24 heavy (non-hydrogen) atoms. The number of para-hydroxylation sites is 1. The van der Waals surface area contributed by atoms with E-state index in [-0.39, 0.29) is 5.66 Å². The van der Waals surface area contributed by atoms with E-state index in [0.717, 1.165) is 5.92 Å². The molecule has 1 heterocycles. The van der Waals surface area contributed by atoms with Crippen LogP contribution in [-0.2, 0) is 0 Å². The summed E-state index contributed by atoms with van der Waals surface area (Å²) < 4.78 is 0. The Labute approximate surface area is 146 Å². The number of fused-ring (bicyclic) bond motifs is 2. The van der Waals surface area contributed by atoms with Gasteiger partial charge in [-0.05, 0) is 63.0 Å². The molecule has 2 fully saturated rings. The smallest absolute Gasteiger partial charge is 0.0935 e. The summed E-state index contributed by atoms with van der Waals surface area (Å²) in [6.45, 7) is 3.72. The van der Waals surface area contributed by atoms with Gasteiger partial charge in [0.2, 0.25) is 0 Å². The van der Waals surface area contributed by atoms with Crippen molar-refractivity contribution in [1.82, 2.24) is 4.90 Å². The van der Waals surface area contributed by atoms with E-state index in [4.69, 9.17) is 0 Å². The molecule has 2 heteroatoms. The van der Waals surface area contributed by atoms with E-state index in [1.165, 1.54) is 44.3 Å². The van der Waals surface area contributed by atoms with Crippen molar-refractivity contribution in [3.8, 4) is 0 Å². The Morgan fingerprint density at radius 1 is 1.21 bits per heavy atom. The van der Waals surface area contributed by atoms with E-state index in [0.29, 0.717) is 12.0 Å². The zero-order valence-electron chi connectivity index (χ0n) is 15.1. The second-order valence-corrected chi connectivity index (χ2v) is 7.94. The normalized spacial score (nSPS) is 33.6. The van der Waals surface area contributed by atoms with E-state index in [1.807, 2.05) is 0 Å². The lowest BCUT2D eigenvalue weighted by Gasteiger charge is -2.51. The van der Waals surface area contributed by atoms with Crippen LogP contribution in [-0.4, -0.2) is 30.2 Å². The van der Waals surface area contributed by atoms with Crippen LogP contribution in [0.3, 0.4) is 0 Å². The molecule has 2 bridgehead atoms. The Kier molecular flexibility index (Phi) is 4.26. The van der Waals surface area contributed by atoms with Crippen LogP contribution in [0.5, 0.6) is 0 Å². The van der Waals surface area contributed by atoms with E-state index in [9.17, 15) is 0 Å². The SMILES string of the molecule is CC(C1C=CC=CC1)N1CC2CCCC1(N(C)c1ccccc1)C2. The van der Waals surface area contributed by atoms with Gasteiger partial charge in [-0.1, -0.05) is 42.5 Å². The van der Waals surface area contributed by atoms with Gasteiger partial charge in [-0.3, -0.25) is 4.90 Å². The van der Waals surface area contributed by atoms with Crippen molar-refractivity contribution in [2.24, 2.45) is 11.8 Å². The monoisotopic (exact) mass is 322 g/mol. The van der Waals surface area contributed by atoms with Crippen LogP contribution in [0, 0.1) is 11.8 Å². The fraction of sp³-hybridized carbons (Fsp3) is 0.545. The minimum Gasteiger partial charge on any atom is -0.356 e. The zero-order chi connectivity index (χ0) is 16.6. The third kappa shape index (κ3) is 2.61. The molecule has 0 radical (unpaired) electrons. The molecule has 0 amide bonds. The van der Waals surface area contributed by atoms with E-state index in [1.54, 1.807) is 0 Å². The lowest BCUT2D eigenvalue weighted by Crippen LogP contribution is -2.60. The molecule has 1 aromatic rings. The predicted octanol–water partition coefficient (Wildman–Crippen LogP) is 4.85. The number of benzene rings is 1. The molecule has 128 valence electrons. The van der Waals surface area contributed by atoms with Crippen LogP contribution in [0.2, 0.25) is 0 Å². The third-order valence-electron chi connectivity index (χ3n) is 6.69. The molecule has 0 N–H and O–H groups in total. The van der Waals surface area contributed by atoms with Gasteiger partial charge < -0.3 is 4.90 Å². The standard InChI is InChI=1S/C22H30N2/c1-18(20-11-5-3-6-12-20)24-17-19-10-9-15-22(24,16-19)23(2)21-13-7-4-8-14-21/h3-8,11,13-14,18-20H,9-10,12,15-17H2,1-2H3. The van der Waals surface area contributed by atoms with Crippen LogP contribution in [0.25, 0.3) is 0 Å². The predicted molar refractivity (Wildman–Crippen MR) is 102 cm³/mol. The van der Waals surface area contributed by atoms with Gasteiger partial charge in [-0.25, -0.2) is 0 Å². The number of allylic oxidation sites excluding steroid dienone is 3. The van der Waals surface area contributed by atoms with Crippen molar-refractivity contribution >= 4 is 5.69 Å². The van der Waals surface area contributed by atoms with Crippen LogP contribution >= 0.6 is 0 Å². The van der Waals surface area contributed by atoms with Crippen molar-refractivity contribution < 1.29 is 0 Å². The fourth-order valence-corrected chi connectivity index (χ4v) is 5.33. The van der Waals surface area contributed by atoms with E-state index < -0.39 is 0 Å². The van der Waals surface area contributed by atoms with Crippen LogP contribution in [0.4, 0.5) is 5.69 Å². The van der Waals surface area contributed by atoms with Gasteiger partial charge in [0.1, 0.15) is 0 Å². The zero-order valence-corrected chi connectivity index (χ0v) is 15.1. The second-order valence-electron chi connectivity index (χ2n) is 7.94. The summed E-state index contributed by atoms with van der Waals surface area (Å²) in [5.74, 6) is 1.52. The molecule has 0 spiro atoms. The molecule has 0 aromatic heterocycles. The minimum atomic E-state index is 0.207. The first-order valence-electron chi connectivity index (χ1n) is 9.60. The molecular weight excluding hydrogens is 292 g/mol. The van der Waals surface area contributed by atoms with Gasteiger partial charge in [0.25, 0.3) is 0 Å². The molecule has 2 aliphatic carbocycles. The van der Waals surface area contributed by atoms with Gasteiger partial charge in [-0.15, -0.1) is 0 Å². The number of hydrogen-bond donors (Lipinski definition) is 0. The number of hydrogen-bond acceptors (Lipinski definition) is 2. The first-order valence-corrected chi connectivity index (χ1v) is 9.60. The van der Waals surface area contributed by atoms with E-state index in [2.05, 4.69) is 78.4 Å². The summed E-state index contributed by atoms with van der Waals surface area (Å²) >= 11 is 0. The third-order valence-corrected chi connectivity index (χ3v) is 6.69. The maximum Gasteiger partial charge on any atom is 0.0935 e. The van der Waals surface area contributed by atoms with Gasteiger partial charge >= 0.3 is 0 Å². The highest BCUT2D eigenvalue weighted by atomic mass is 15.4. The summed E-state index contributed by atoms with van der Waals surface area (Å²) in [7, 11) is 2.32. The maximum absolute atomic E-state index is 2.85. The van der Waals surface area contributed by atoms with Crippen LogP contribution in [0.1, 0.15) is 39.0 Å². The lowest BCUT2D eigenvalue weighted by molar-refractivity contribution is 0.0651. The Morgan fingerprint density at radius 3 is 2.79 bits per heavy atom. The Morgan fingerprint density at radius 2 is 2.04 bits per heavy atom. The van der Waals surface area contributed by atoms with Crippen molar-refractivity contribution in [3.05, 3.63) is 54.6 Å². The Balaban J connectivity index is 1.65. The average molecular weight is 322 g/mol. The van der Waals surface area contributed by atoms with Crippen LogP contribution in [0.15, 0.2) is 54.6 Å². The highest BCUT2D eigenvalue weighted by Crippen LogP contribution is 2.48. The summed E-state index contributed by atoms with van der Waals surface area (Å²) in [6, 6.07) is 11.6. The molecule has 1 aliphatic heterocycles. The first-order chi connectivity index (χ1) is 11.7. The number of anilines is 1. The number of rotatable bonds is 4. The van der Waals surface area contributed by atoms with Crippen molar-refractivity contribution in [2.45, 2.75) is 50.7 Å². The van der Waals surface area contributed by atoms with Gasteiger partial charge in [0, 0.05) is 25.3 Å². The fourth-order valence-electron chi connectivity index (χ4n) is 5.33. The highest BCUT2D eigenvalue weighted by Gasteiger charge is 2.52. The van der Waals surface area contributed by atoms with Crippen molar-refractivity contribution in [1.29, 1.82) is 0 Å². The second kappa shape index (κ2) is 6.40. The Bertz CT molecular complexity index is 620. The summed E-state index contributed by atoms with van der Waals surface area (Å²) in [5, 5.41) is 0. The van der Waals surface area contributed by atoms with Crippen molar-refractivity contribution in [2.75, 3.05) is 18.5 Å². The van der Waals surface area contributed by atoms with Gasteiger partial charge in [0.05, 0.1) is 5.66 Å². The summed E-state index contributed by atoms with van der Waals surface area (Å²) in [6.07, 6.45) is 15.8. The largest absolute Gasteiger partial charge is 0.356 e. The lowest BCUT2D eigenvalue weighted by atomic mass is 9.83. The molecule has 1 saturated heterocycles. The van der Waals surface area contributed by atoms with E-state index >= 15 is 0 Å². The molecular formula is C22H30N2. The van der Waals surface area contributed by atoms with Gasteiger partial charge in [-0.2, -0.15) is 0 Å². The molecule has 4 unspecified atom stereocenters. The average Bonchev–Trinajstić information content (AvgIpc) is 2.92. The topological polar surface area (TPSA) is 6.48 Å². The summed E-state index contributed by atoms with van der Waals surface area (Å²) in [4.78, 5) is 5.44. The summed E-state index contributed by atoms with van der Waals surface area (Å²) in [5.41, 5.74) is 1.56. The number of likely N-dealkylation sites (tertiary alicyclic amines) is 1.